The first-order valence-electron chi connectivity index (χ1n) is 10.6. The summed E-state index contributed by atoms with van der Waals surface area (Å²) in [6.45, 7) is 11.5. The van der Waals surface area contributed by atoms with Crippen molar-refractivity contribution < 1.29 is 19.1 Å². The van der Waals surface area contributed by atoms with Crippen LogP contribution in [0.1, 0.15) is 40.5 Å². The van der Waals surface area contributed by atoms with Crippen molar-refractivity contribution in [2.24, 2.45) is 23.3 Å². The third-order valence-corrected chi connectivity index (χ3v) is 5.73. The molecule has 0 bridgehead atoms. The number of nitrogens with two attached hydrogens (primary N) is 2. The molecule has 0 aromatic carbocycles. The molecule has 0 unspecified atom stereocenters. The topological polar surface area (TPSA) is 111 Å². The second-order valence-electron chi connectivity index (χ2n) is 7.70. The van der Waals surface area contributed by atoms with E-state index in [0.29, 0.717) is 52.6 Å². The van der Waals surface area contributed by atoms with Gasteiger partial charge in [0.1, 0.15) is 0 Å². The second-order valence-corrected chi connectivity index (χ2v) is 7.70. The number of hydrogen-bond donors (Lipinski definition) is 2. The van der Waals surface area contributed by atoms with Gasteiger partial charge in [0.2, 0.25) is 11.8 Å². The van der Waals surface area contributed by atoms with E-state index in [1.54, 1.807) is 9.80 Å². The van der Waals surface area contributed by atoms with Crippen LogP contribution in [0, 0.1) is 11.8 Å². The molecule has 4 atom stereocenters. The Bertz CT molecular complexity index is 423. The first-order valence-corrected chi connectivity index (χ1v) is 10.6. The van der Waals surface area contributed by atoms with Crippen LogP contribution in [-0.4, -0.2) is 86.3 Å². The van der Waals surface area contributed by atoms with Crippen molar-refractivity contribution in [1.29, 1.82) is 0 Å². The molecule has 1 rings (SSSR count). The average Bonchev–Trinajstić information content (AvgIpc) is 2.70. The lowest BCUT2D eigenvalue weighted by atomic mass is 9.99. The van der Waals surface area contributed by atoms with Crippen molar-refractivity contribution in [3.8, 4) is 0 Å². The van der Waals surface area contributed by atoms with E-state index in [1.807, 2.05) is 27.7 Å². The lowest BCUT2D eigenvalue weighted by Crippen LogP contribution is -2.50. The van der Waals surface area contributed by atoms with Crippen LogP contribution >= 0.6 is 0 Å². The molecule has 1 heterocycles. The SMILES string of the molecule is CC[C@H](C)[C@@H](N)C(=O)N1CCOCCN(C(=O)[C@H](N)[C@@H](C)CC)CCOCC1. The molecule has 28 heavy (non-hydrogen) atoms. The fraction of sp³-hybridized carbons (Fsp3) is 0.900. The van der Waals surface area contributed by atoms with Crippen LogP contribution in [0.15, 0.2) is 0 Å². The maximum absolute atomic E-state index is 12.6. The smallest absolute Gasteiger partial charge is 0.239 e. The summed E-state index contributed by atoms with van der Waals surface area (Å²) in [5.74, 6) is 0.139. The number of hydrogen-bond acceptors (Lipinski definition) is 6. The van der Waals surface area contributed by atoms with Crippen LogP contribution in [0.3, 0.4) is 0 Å². The van der Waals surface area contributed by atoms with Gasteiger partial charge >= 0.3 is 0 Å². The molecule has 2 amide bonds. The average molecular weight is 401 g/mol. The van der Waals surface area contributed by atoms with Gasteiger partial charge in [-0.15, -0.1) is 0 Å². The Kier molecular flexibility index (Phi) is 11.6. The van der Waals surface area contributed by atoms with E-state index in [1.165, 1.54) is 0 Å². The lowest BCUT2D eigenvalue weighted by Gasteiger charge is -2.30. The van der Waals surface area contributed by atoms with Gasteiger partial charge in [-0.3, -0.25) is 9.59 Å². The van der Waals surface area contributed by atoms with E-state index in [4.69, 9.17) is 20.9 Å². The zero-order valence-electron chi connectivity index (χ0n) is 18.1. The molecule has 0 spiro atoms. The molecule has 0 aromatic rings. The van der Waals surface area contributed by atoms with Crippen LogP contribution in [0.4, 0.5) is 0 Å². The van der Waals surface area contributed by atoms with Gasteiger partial charge in [0, 0.05) is 26.2 Å². The molecular formula is C20H40N4O4. The summed E-state index contributed by atoms with van der Waals surface area (Å²) in [6.07, 6.45) is 1.72. The lowest BCUT2D eigenvalue weighted by molar-refractivity contribution is -0.137. The molecule has 8 heteroatoms. The predicted octanol–water partition coefficient (Wildman–Crippen LogP) is 0.437. The Hall–Kier alpha value is -1.22. The Labute approximate surface area is 169 Å². The molecule has 0 aromatic heterocycles. The third-order valence-electron chi connectivity index (χ3n) is 5.73. The van der Waals surface area contributed by atoms with Crippen molar-refractivity contribution in [2.45, 2.75) is 52.6 Å². The van der Waals surface area contributed by atoms with E-state index in [2.05, 4.69) is 0 Å². The largest absolute Gasteiger partial charge is 0.378 e. The number of rotatable bonds is 6. The van der Waals surface area contributed by atoms with E-state index in [-0.39, 0.29) is 23.7 Å². The van der Waals surface area contributed by atoms with Gasteiger partial charge in [-0.2, -0.15) is 0 Å². The molecule has 1 saturated heterocycles. The van der Waals surface area contributed by atoms with Gasteiger partial charge in [-0.25, -0.2) is 0 Å². The minimum Gasteiger partial charge on any atom is -0.378 e. The summed E-state index contributed by atoms with van der Waals surface area (Å²) in [5, 5.41) is 0. The van der Waals surface area contributed by atoms with Crippen LogP contribution < -0.4 is 11.5 Å². The van der Waals surface area contributed by atoms with Crippen LogP contribution in [0.5, 0.6) is 0 Å². The first kappa shape index (κ1) is 24.8. The fourth-order valence-corrected chi connectivity index (χ4v) is 2.98. The van der Waals surface area contributed by atoms with Crippen molar-refractivity contribution in [2.75, 3.05) is 52.6 Å². The van der Waals surface area contributed by atoms with Gasteiger partial charge in [-0.05, 0) is 11.8 Å². The van der Waals surface area contributed by atoms with Crippen LogP contribution in [0.2, 0.25) is 0 Å². The molecule has 164 valence electrons. The van der Waals surface area contributed by atoms with Crippen molar-refractivity contribution in [1.82, 2.24) is 9.80 Å². The van der Waals surface area contributed by atoms with Gasteiger partial charge in [0.25, 0.3) is 0 Å². The third kappa shape index (κ3) is 7.66. The number of carbonyl (C=O) groups is 2. The molecular weight excluding hydrogens is 360 g/mol. The normalized spacial score (nSPS) is 21.8. The molecule has 1 fully saturated rings. The minimum absolute atomic E-state index is 0.0602. The molecule has 0 aliphatic carbocycles. The number of amides is 2. The maximum Gasteiger partial charge on any atom is 0.239 e. The van der Waals surface area contributed by atoms with Crippen molar-refractivity contribution in [3.63, 3.8) is 0 Å². The Morgan fingerprint density at radius 1 is 0.750 bits per heavy atom. The fourth-order valence-electron chi connectivity index (χ4n) is 2.98. The quantitative estimate of drug-likeness (QED) is 0.669. The summed E-state index contributed by atoms with van der Waals surface area (Å²) in [5.41, 5.74) is 12.2. The van der Waals surface area contributed by atoms with Crippen molar-refractivity contribution in [3.05, 3.63) is 0 Å². The van der Waals surface area contributed by atoms with Gasteiger partial charge in [0.05, 0.1) is 38.5 Å². The number of nitrogens with zero attached hydrogens (tertiary/aromatic N) is 2. The van der Waals surface area contributed by atoms with Gasteiger partial charge in [0.15, 0.2) is 0 Å². The maximum atomic E-state index is 12.6. The Morgan fingerprint density at radius 3 is 1.29 bits per heavy atom. The Balaban J connectivity index is 2.61. The highest BCUT2D eigenvalue weighted by Crippen LogP contribution is 2.10. The summed E-state index contributed by atoms with van der Waals surface area (Å²) in [4.78, 5) is 28.7. The molecule has 1 aliphatic rings. The summed E-state index contributed by atoms with van der Waals surface area (Å²) >= 11 is 0. The van der Waals surface area contributed by atoms with E-state index < -0.39 is 12.1 Å². The first-order chi connectivity index (χ1) is 13.3. The summed E-state index contributed by atoms with van der Waals surface area (Å²) < 4.78 is 11.4. The highest BCUT2D eigenvalue weighted by molar-refractivity contribution is 5.82. The molecule has 0 radical (unpaired) electrons. The van der Waals surface area contributed by atoms with Crippen LogP contribution in [0.25, 0.3) is 0 Å². The number of ether oxygens (including phenoxy) is 2. The molecule has 8 nitrogen and oxygen atoms in total. The second kappa shape index (κ2) is 13.1. The number of carbonyl (C=O) groups excluding carboxylic acids is 2. The highest BCUT2D eigenvalue weighted by atomic mass is 16.5. The molecule has 0 saturated carbocycles. The predicted molar refractivity (Wildman–Crippen MR) is 110 cm³/mol. The molecule has 1 aliphatic heterocycles. The van der Waals surface area contributed by atoms with Crippen LogP contribution in [-0.2, 0) is 19.1 Å². The monoisotopic (exact) mass is 400 g/mol. The van der Waals surface area contributed by atoms with E-state index in [0.717, 1.165) is 12.8 Å². The minimum atomic E-state index is -0.506. The van der Waals surface area contributed by atoms with Crippen molar-refractivity contribution >= 4 is 11.8 Å². The zero-order chi connectivity index (χ0) is 21.1. The summed E-state index contributed by atoms with van der Waals surface area (Å²) in [7, 11) is 0. The van der Waals surface area contributed by atoms with E-state index >= 15 is 0 Å². The van der Waals surface area contributed by atoms with Gasteiger partial charge in [-0.1, -0.05) is 40.5 Å². The highest BCUT2D eigenvalue weighted by Gasteiger charge is 2.26. The van der Waals surface area contributed by atoms with Gasteiger partial charge < -0.3 is 30.7 Å². The molecule has 4 N–H and O–H groups in total. The zero-order valence-corrected chi connectivity index (χ0v) is 18.1. The standard InChI is InChI=1S/C20H40N4O4/c1-5-15(3)17(21)19(25)23-7-11-27-13-9-24(10-14-28-12-8-23)20(26)18(22)16(4)6-2/h15-18H,5-14,21-22H2,1-4H3/t15-,16-,17+,18+/m0/s1. The summed E-state index contributed by atoms with van der Waals surface area (Å²) in [6, 6.07) is -1.01. The Morgan fingerprint density at radius 2 is 1.04 bits per heavy atom. The van der Waals surface area contributed by atoms with E-state index in [9.17, 15) is 9.59 Å².